The van der Waals surface area contributed by atoms with Crippen molar-refractivity contribution in [2.24, 2.45) is 5.41 Å². The van der Waals surface area contributed by atoms with Gasteiger partial charge in [-0.25, -0.2) is 0 Å². The number of fused-ring (bicyclic) bond motifs is 1. The van der Waals surface area contributed by atoms with E-state index in [1.807, 2.05) is 42.5 Å². The largest absolute Gasteiger partial charge is 0.492 e. The molecule has 46 heavy (non-hydrogen) atoms. The minimum Gasteiger partial charge on any atom is -0.492 e. The van der Waals surface area contributed by atoms with Crippen molar-refractivity contribution in [3.8, 4) is 34.8 Å². The van der Waals surface area contributed by atoms with E-state index in [9.17, 15) is 0 Å². The molecule has 0 aliphatic carbocycles. The third-order valence-corrected chi connectivity index (χ3v) is 9.11. The van der Waals surface area contributed by atoms with Gasteiger partial charge in [0.05, 0.1) is 12.5 Å². The third-order valence-electron chi connectivity index (χ3n) is 8.24. The molecule has 0 fully saturated rings. The van der Waals surface area contributed by atoms with Crippen molar-refractivity contribution in [2.45, 2.75) is 71.1 Å². The van der Waals surface area contributed by atoms with Crippen LogP contribution in [0.25, 0.3) is 0 Å². The van der Waals surface area contributed by atoms with Crippen LogP contribution in [0.2, 0.25) is 13.1 Å². The van der Waals surface area contributed by atoms with E-state index in [4.69, 9.17) is 32.8 Å². The van der Waals surface area contributed by atoms with Crippen LogP contribution < -0.4 is 18.9 Å². The van der Waals surface area contributed by atoms with Gasteiger partial charge in [-0.2, -0.15) is 0 Å². The molecule has 0 radical (unpaired) electrons. The Morgan fingerprint density at radius 2 is 1.48 bits per heavy atom. The average Bonchev–Trinajstić information content (AvgIpc) is 3.04. The van der Waals surface area contributed by atoms with Crippen molar-refractivity contribution < 1.29 is 32.8 Å². The third kappa shape index (κ3) is 9.52. The summed E-state index contributed by atoms with van der Waals surface area (Å²) in [4.78, 5) is 0. The highest BCUT2D eigenvalue weighted by molar-refractivity contribution is 6.48. The monoisotopic (exact) mass is 646 g/mol. The maximum absolute atomic E-state index is 6.35. The fourth-order valence-electron chi connectivity index (χ4n) is 5.64. The number of hydrogen-bond donors (Lipinski definition) is 0. The van der Waals surface area contributed by atoms with E-state index in [1.165, 1.54) is 5.56 Å². The van der Waals surface area contributed by atoms with E-state index in [0.717, 1.165) is 41.2 Å². The van der Waals surface area contributed by atoms with Gasteiger partial charge in [0, 0.05) is 37.4 Å². The molecule has 248 valence electrons. The van der Waals surface area contributed by atoms with Gasteiger partial charge >= 0.3 is 0 Å². The molecule has 0 saturated carbocycles. The van der Waals surface area contributed by atoms with Crippen molar-refractivity contribution in [1.29, 1.82) is 0 Å². The van der Waals surface area contributed by atoms with Crippen molar-refractivity contribution >= 4 is 9.04 Å². The van der Waals surface area contributed by atoms with Gasteiger partial charge in [-0.1, -0.05) is 69.9 Å². The molecule has 1 heterocycles. The second-order valence-corrected chi connectivity index (χ2v) is 15.7. The van der Waals surface area contributed by atoms with Gasteiger partial charge in [0.15, 0.2) is 22.6 Å². The van der Waals surface area contributed by atoms with Gasteiger partial charge in [-0.3, -0.25) is 0 Å². The van der Waals surface area contributed by atoms with E-state index < -0.39 is 14.5 Å². The van der Waals surface area contributed by atoms with Gasteiger partial charge in [-0.05, 0) is 72.8 Å². The lowest BCUT2D eigenvalue weighted by molar-refractivity contribution is 0.0505. The lowest BCUT2D eigenvalue weighted by Gasteiger charge is -2.40. The highest BCUT2D eigenvalue weighted by Crippen LogP contribution is 2.47. The Hall–Kier alpha value is -3.48. The Morgan fingerprint density at radius 3 is 2.11 bits per heavy atom. The molecule has 3 unspecified atom stereocenters. The molecule has 1 aliphatic rings. The van der Waals surface area contributed by atoms with Crippen LogP contribution >= 0.6 is 0 Å². The lowest BCUT2D eigenvalue weighted by atomic mass is 9.68. The number of hydrogen-bond acceptors (Lipinski definition) is 7. The molecule has 0 bridgehead atoms. The first-order chi connectivity index (χ1) is 22.0. The zero-order valence-corrected chi connectivity index (χ0v) is 29.8. The first kappa shape index (κ1) is 35.4. The van der Waals surface area contributed by atoms with Gasteiger partial charge in [-0.15, -0.1) is 0 Å². The molecule has 3 atom stereocenters. The van der Waals surface area contributed by atoms with Gasteiger partial charge in [0.1, 0.15) is 29.6 Å². The molecule has 8 heteroatoms. The molecule has 0 aromatic heterocycles. The van der Waals surface area contributed by atoms with Crippen molar-refractivity contribution in [2.75, 3.05) is 41.0 Å². The van der Waals surface area contributed by atoms with E-state index in [-0.39, 0.29) is 37.6 Å². The Balaban J connectivity index is 1.48. The average molecular weight is 647 g/mol. The number of aryl methyl sites for hydroxylation is 1. The smallest absolute Gasteiger partial charge is 0.188 e. The van der Waals surface area contributed by atoms with Gasteiger partial charge in [0.25, 0.3) is 0 Å². The summed E-state index contributed by atoms with van der Waals surface area (Å²) in [5, 5.41) is 0. The summed E-state index contributed by atoms with van der Waals surface area (Å²) in [5.41, 5.74) is 3.11. The predicted molar refractivity (Wildman–Crippen MR) is 185 cm³/mol. The van der Waals surface area contributed by atoms with Crippen molar-refractivity contribution in [1.82, 2.24) is 0 Å². The summed E-state index contributed by atoms with van der Waals surface area (Å²) in [6, 6.07) is 22.3. The van der Waals surface area contributed by atoms with Crippen molar-refractivity contribution in [3.63, 3.8) is 0 Å². The van der Waals surface area contributed by atoms with Crippen LogP contribution in [0.3, 0.4) is 0 Å². The summed E-state index contributed by atoms with van der Waals surface area (Å²) in [7, 11) is 2.10. The molecule has 0 spiro atoms. The van der Waals surface area contributed by atoms with Crippen molar-refractivity contribution in [3.05, 3.63) is 83.4 Å². The van der Waals surface area contributed by atoms with E-state index in [2.05, 4.69) is 76.9 Å². The molecule has 3 aromatic carbocycles. The molecule has 3 aromatic rings. The second-order valence-electron chi connectivity index (χ2n) is 13.3. The molecule has 1 aliphatic heterocycles. The minimum atomic E-state index is -1.11. The Kier molecular flexibility index (Phi) is 12.6. The summed E-state index contributed by atoms with van der Waals surface area (Å²) in [6.45, 7) is 14.5. The van der Waals surface area contributed by atoms with E-state index in [1.54, 1.807) is 14.2 Å². The highest BCUT2D eigenvalue weighted by Gasteiger charge is 2.42. The van der Waals surface area contributed by atoms with Gasteiger partial charge < -0.3 is 32.8 Å². The fraction of sp³-hybridized carbons (Fsp3) is 0.474. The number of ether oxygens (including phenoxy) is 6. The lowest BCUT2D eigenvalue weighted by Crippen LogP contribution is -2.40. The molecule has 0 N–H and O–H groups in total. The second kappa shape index (κ2) is 16.4. The van der Waals surface area contributed by atoms with E-state index in [0.29, 0.717) is 12.4 Å². The normalized spacial score (nSPS) is 18.2. The molecule has 0 amide bonds. The molecular weight excluding hydrogens is 596 g/mol. The minimum absolute atomic E-state index is 0.127. The van der Waals surface area contributed by atoms with Crippen LogP contribution in [0.15, 0.2) is 66.7 Å². The number of benzene rings is 3. The predicted octanol–water partition coefficient (Wildman–Crippen LogP) is 7.52. The first-order valence-electron chi connectivity index (χ1n) is 16.0. The van der Waals surface area contributed by atoms with Crippen LogP contribution in [0.5, 0.6) is 23.0 Å². The van der Waals surface area contributed by atoms with Crippen LogP contribution in [0.4, 0.5) is 0 Å². The van der Waals surface area contributed by atoms with Crippen LogP contribution in [0, 0.1) is 17.3 Å². The maximum atomic E-state index is 6.35. The molecule has 7 nitrogen and oxygen atoms in total. The highest BCUT2D eigenvalue weighted by atomic mass is 28.3. The first-order valence-corrected chi connectivity index (χ1v) is 18.8. The summed E-state index contributed by atoms with van der Waals surface area (Å²) in [6.07, 6.45) is 2.25. The van der Waals surface area contributed by atoms with Gasteiger partial charge in [0.2, 0.25) is 0 Å². The zero-order valence-electron chi connectivity index (χ0n) is 28.7. The topological polar surface area (TPSA) is 64.6 Å². The summed E-state index contributed by atoms with van der Waals surface area (Å²) < 4.78 is 40.1. The molecular formula is C38H50O7Si. The standard InChI is InChI=1S/C38H50O7Si/c1-37(2,3)36(45-46(7)8)22-13-28-11-16-30(17-12-28)41-23-9-10-34-33-21-20-32(44-27-40-6)24-35(33)42-25-38(34,4)29-14-18-31(19-15-29)43-26-39-5/h11-12,14-21,24,34,36,46H,13,22-23,25-27H2,1-8H3. The number of rotatable bonds is 14. The molecule has 4 rings (SSSR count). The Labute approximate surface area is 277 Å². The van der Waals surface area contributed by atoms with Crippen LogP contribution in [0.1, 0.15) is 56.7 Å². The fourth-order valence-corrected chi connectivity index (χ4v) is 6.84. The van der Waals surface area contributed by atoms with Crippen LogP contribution in [-0.4, -0.2) is 56.2 Å². The van der Waals surface area contributed by atoms with E-state index >= 15 is 0 Å². The summed E-state index contributed by atoms with van der Waals surface area (Å²) >= 11 is 0. The summed E-state index contributed by atoms with van der Waals surface area (Å²) in [5.74, 6) is 9.71. The Bertz CT molecular complexity index is 1440. The van der Waals surface area contributed by atoms with Crippen LogP contribution in [-0.2, 0) is 25.7 Å². The molecule has 0 saturated heterocycles. The maximum Gasteiger partial charge on any atom is 0.188 e. The quantitative estimate of drug-likeness (QED) is 0.102. The number of methoxy groups -OCH3 is 2. The Morgan fingerprint density at radius 1 is 0.870 bits per heavy atom. The zero-order chi connectivity index (χ0) is 33.2. The SMILES string of the molecule is COCOc1ccc(C2(C)COc3cc(OCOC)ccc3C2C#CCOc2ccc(CCC(O[SiH](C)C)C(C)(C)C)cc2)cc1.